The fourth-order valence-electron chi connectivity index (χ4n) is 3.30. The van der Waals surface area contributed by atoms with Gasteiger partial charge in [0.2, 0.25) is 11.8 Å². The molecule has 0 fully saturated rings. The maximum atomic E-state index is 12.7. The van der Waals surface area contributed by atoms with Crippen molar-refractivity contribution in [2.75, 3.05) is 10.6 Å². The number of benzene rings is 2. The highest BCUT2D eigenvalue weighted by Gasteiger charge is 2.22. The molecular weight excluding hydrogens is 374 g/mol. The SMILES string of the molecule is CC(=O)Nc1ccc(NC(=O)[C@@H](C)N[C@H](c2ccc(C(C)(C)C)cc2)C(C)C)cc1. The van der Waals surface area contributed by atoms with E-state index in [1.165, 1.54) is 18.1 Å². The third-order valence-electron chi connectivity index (χ3n) is 5.10. The minimum Gasteiger partial charge on any atom is -0.326 e. The lowest BCUT2D eigenvalue weighted by atomic mass is 9.85. The van der Waals surface area contributed by atoms with Gasteiger partial charge in [-0.3, -0.25) is 14.9 Å². The standard InChI is InChI=1S/C25H35N3O2/c1-16(2)23(19-8-10-20(11-9-19)25(5,6)7)26-17(3)24(30)28-22-14-12-21(13-15-22)27-18(4)29/h8-17,23,26H,1-7H3,(H,27,29)(H,28,30)/t17-,23+/m1/s1. The molecule has 0 aromatic heterocycles. The van der Waals surface area contributed by atoms with Gasteiger partial charge in [0.1, 0.15) is 0 Å². The summed E-state index contributed by atoms with van der Waals surface area (Å²) in [5.41, 5.74) is 3.98. The normalized spacial score (nSPS) is 13.6. The van der Waals surface area contributed by atoms with Crippen LogP contribution in [0.1, 0.15) is 65.6 Å². The molecule has 0 saturated heterocycles. The molecule has 0 unspecified atom stereocenters. The quantitative estimate of drug-likeness (QED) is 0.584. The van der Waals surface area contributed by atoms with Gasteiger partial charge < -0.3 is 10.6 Å². The van der Waals surface area contributed by atoms with E-state index < -0.39 is 0 Å². The Labute approximate surface area is 180 Å². The van der Waals surface area contributed by atoms with Crippen molar-refractivity contribution in [3.63, 3.8) is 0 Å². The fraction of sp³-hybridized carbons (Fsp3) is 0.440. The minimum atomic E-state index is -0.366. The summed E-state index contributed by atoms with van der Waals surface area (Å²) in [6.45, 7) is 14.3. The molecule has 0 spiro atoms. The van der Waals surface area contributed by atoms with Crippen LogP contribution in [0.3, 0.4) is 0 Å². The minimum absolute atomic E-state index is 0.0712. The zero-order chi connectivity index (χ0) is 22.5. The number of rotatable bonds is 7. The zero-order valence-corrected chi connectivity index (χ0v) is 19.2. The maximum absolute atomic E-state index is 12.7. The second-order valence-corrected chi connectivity index (χ2v) is 9.23. The smallest absolute Gasteiger partial charge is 0.241 e. The highest BCUT2D eigenvalue weighted by atomic mass is 16.2. The molecule has 2 rings (SSSR count). The average molecular weight is 410 g/mol. The molecule has 0 saturated carbocycles. The fourth-order valence-corrected chi connectivity index (χ4v) is 3.30. The van der Waals surface area contributed by atoms with Crippen molar-refractivity contribution in [2.45, 2.75) is 66.0 Å². The zero-order valence-electron chi connectivity index (χ0n) is 19.2. The Morgan fingerprint density at radius 2 is 1.30 bits per heavy atom. The Kier molecular flexibility index (Phi) is 7.79. The Morgan fingerprint density at radius 1 is 0.800 bits per heavy atom. The van der Waals surface area contributed by atoms with Gasteiger partial charge >= 0.3 is 0 Å². The van der Waals surface area contributed by atoms with Gasteiger partial charge in [-0.05, 0) is 53.6 Å². The van der Waals surface area contributed by atoms with Gasteiger partial charge in [-0.2, -0.15) is 0 Å². The van der Waals surface area contributed by atoms with E-state index in [0.29, 0.717) is 17.3 Å². The van der Waals surface area contributed by atoms with Crippen molar-refractivity contribution >= 4 is 23.2 Å². The van der Waals surface area contributed by atoms with E-state index in [1.54, 1.807) is 24.3 Å². The van der Waals surface area contributed by atoms with Crippen LogP contribution in [0.15, 0.2) is 48.5 Å². The van der Waals surface area contributed by atoms with Crippen molar-refractivity contribution < 1.29 is 9.59 Å². The van der Waals surface area contributed by atoms with Crippen LogP contribution in [0.5, 0.6) is 0 Å². The van der Waals surface area contributed by atoms with Gasteiger partial charge in [-0.1, -0.05) is 58.9 Å². The summed E-state index contributed by atoms with van der Waals surface area (Å²) < 4.78 is 0. The van der Waals surface area contributed by atoms with E-state index in [0.717, 1.165) is 0 Å². The topological polar surface area (TPSA) is 70.2 Å². The highest BCUT2D eigenvalue weighted by molar-refractivity contribution is 5.95. The van der Waals surface area contributed by atoms with E-state index in [9.17, 15) is 9.59 Å². The Hall–Kier alpha value is -2.66. The molecular formula is C25H35N3O2. The van der Waals surface area contributed by atoms with Crippen LogP contribution in [0, 0.1) is 5.92 Å². The largest absolute Gasteiger partial charge is 0.326 e. The Morgan fingerprint density at radius 3 is 1.73 bits per heavy atom. The van der Waals surface area contributed by atoms with E-state index >= 15 is 0 Å². The lowest BCUT2D eigenvalue weighted by molar-refractivity contribution is -0.118. The van der Waals surface area contributed by atoms with Crippen LogP contribution in [-0.2, 0) is 15.0 Å². The summed E-state index contributed by atoms with van der Waals surface area (Å²) in [5, 5.41) is 9.13. The summed E-state index contributed by atoms with van der Waals surface area (Å²) in [6.07, 6.45) is 0. The molecule has 0 radical (unpaired) electrons. The molecule has 3 N–H and O–H groups in total. The number of hydrogen-bond acceptors (Lipinski definition) is 3. The van der Waals surface area contributed by atoms with Gasteiger partial charge in [-0.25, -0.2) is 0 Å². The molecule has 162 valence electrons. The number of hydrogen-bond donors (Lipinski definition) is 3. The van der Waals surface area contributed by atoms with Crippen LogP contribution < -0.4 is 16.0 Å². The van der Waals surface area contributed by atoms with Crippen molar-refractivity contribution in [3.05, 3.63) is 59.7 Å². The lowest BCUT2D eigenvalue weighted by Crippen LogP contribution is -2.41. The van der Waals surface area contributed by atoms with Crippen LogP contribution in [-0.4, -0.2) is 17.9 Å². The van der Waals surface area contributed by atoms with E-state index in [2.05, 4.69) is 74.8 Å². The second-order valence-electron chi connectivity index (χ2n) is 9.23. The Bertz CT molecular complexity index is 849. The predicted molar refractivity (Wildman–Crippen MR) is 125 cm³/mol. The molecule has 0 aliphatic carbocycles. The average Bonchev–Trinajstić information content (AvgIpc) is 2.66. The van der Waals surface area contributed by atoms with Crippen LogP contribution in [0.4, 0.5) is 11.4 Å². The third-order valence-corrected chi connectivity index (χ3v) is 5.10. The monoisotopic (exact) mass is 409 g/mol. The molecule has 30 heavy (non-hydrogen) atoms. The molecule has 2 atom stereocenters. The van der Waals surface area contributed by atoms with Gasteiger partial charge in [-0.15, -0.1) is 0 Å². The van der Waals surface area contributed by atoms with Crippen LogP contribution in [0.25, 0.3) is 0 Å². The van der Waals surface area contributed by atoms with Crippen molar-refractivity contribution in [1.29, 1.82) is 0 Å². The number of carbonyl (C=O) groups excluding carboxylic acids is 2. The first-order chi connectivity index (χ1) is 14.0. The van der Waals surface area contributed by atoms with Crippen LogP contribution >= 0.6 is 0 Å². The third kappa shape index (κ3) is 6.70. The summed E-state index contributed by atoms with van der Waals surface area (Å²) in [4.78, 5) is 23.8. The molecule has 0 heterocycles. The summed E-state index contributed by atoms with van der Waals surface area (Å²) >= 11 is 0. The first kappa shape index (κ1) is 23.6. The van der Waals surface area contributed by atoms with Crippen LogP contribution in [0.2, 0.25) is 0 Å². The highest BCUT2D eigenvalue weighted by Crippen LogP contribution is 2.27. The number of nitrogens with one attached hydrogen (secondary N) is 3. The Balaban J connectivity index is 2.04. The molecule has 0 aliphatic rings. The molecule has 5 heteroatoms. The van der Waals surface area contributed by atoms with Gasteiger partial charge in [0.15, 0.2) is 0 Å². The van der Waals surface area contributed by atoms with Crippen molar-refractivity contribution in [2.24, 2.45) is 5.92 Å². The lowest BCUT2D eigenvalue weighted by Gasteiger charge is -2.27. The van der Waals surface area contributed by atoms with Gasteiger partial charge in [0, 0.05) is 24.3 Å². The predicted octanol–water partition coefficient (Wildman–Crippen LogP) is 5.26. The van der Waals surface area contributed by atoms with Crippen molar-refractivity contribution in [3.8, 4) is 0 Å². The summed E-state index contributed by atoms with van der Waals surface area (Å²) in [6, 6.07) is 15.5. The second kappa shape index (κ2) is 9.90. The number of carbonyl (C=O) groups is 2. The molecule has 2 aromatic rings. The van der Waals surface area contributed by atoms with Gasteiger partial charge in [0.25, 0.3) is 0 Å². The molecule has 2 amide bonds. The summed E-state index contributed by atoms with van der Waals surface area (Å²) in [7, 11) is 0. The molecule has 0 aliphatic heterocycles. The van der Waals surface area contributed by atoms with Crippen molar-refractivity contribution in [1.82, 2.24) is 5.32 Å². The van der Waals surface area contributed by atoms with E-state index in [4.69, 9.17) is 0 Å². The first-order valence-corrected chi connectivity index (χ1v) is 10.5. The molecule has 2 aromatic carbocycles. The molecule has 0 bridgehead atoms. The maximum Gasteiger partial charge on any atom is 0.241 e. The summed E-state index contributed by atoms with van der Waals surface area (Å²) in [5.74, 6) is 0.108. The van der Waals surface area contributed by atoms with E-state index in [1.807, 2.05) is 6.92 Å². The van der Waals surface area contributed by atoms with E-state index in [-0.39, 0.29) is 29.3 Å². The molecule has 5 nitrogen and oxygen atoms in total. The number of amides is 2. The number of anilines is 2. The first-order valence-electron chi connectivity index (χ1n) is 10.5. The van der Waals surface area contributed by atoms with Gasteiger partial charge in [0.05, 0.1) is 6.04 Å².